The Morgan fingerprint density at radius 1 is 1.27 bits per heavy atom. The number of amides is 2. The Morgan fingerprint density at radius 3 is 2.50 bits per heavy atom. The molecule has 1 fully saturated rings. The summed E-state index contributed by atoms with van der Waals surface area (Å²) < 4.78 is 10.8. The number of hydrogen-bond donors (Lipinski definition) is 1. The molecule has 1 aliphatic heterocycles. The van der Waals surface area contributed by atoms with Crippen molar-refractivity contribution in [1.29, 1.82) is 0 Å². The van der Waals surface area contributed by atoms with E-state index in [0.29, 0.717) is 37.4 Å². The zero-order chi connectivity index (χ0) is 16.1. The van der Waals surface area contributed by atoms with Gasteiger partial charge in [-0.1, -0.05) is 6.07 Å². The van der Waals surface area contributed by atoms with Gasteiger partial charge in [-0.2, -0.15) is 0 Å². The van der Waals surface area contributed by atoms with E-state index in [1.54, 1.807) is 31.1 Å². The number of carbonyl (C=O) groups excluding carboxylic acids is 2. The minimum Gasteiger partial charge on any atom is -0.497 e. The first-order valence-corrected chi connectivity index (χ1v) is 7.40. The second-order valence-electron chi connectivity index (χ2n) is 5.44. The molecule has 1 unspecified atom stereocenters. The van der Waals surface area contributed by atoms with Crippen molar-refractivity contribution in [2.75, 3.05) is 20.2 Å². The van der Waals surface area contributed by atoms with E-state index in [2.05, 4.69) is 0 Å². The van der Waals surface area contributed by atoms with Crippen molar-refractivity contribution in [2.24, 2.45) is 11.7 Å². The van der Waals surface area contributed by atoms with Gasteiger partial charge in [0.05, 0.1) is 7.11 Å². The quantitative estimate of drug-likeness (QED) is 0.886. The molecule has 1 heterocycles. The molecule has 0 radical (unpaired) electrons. The molecule has 22 heavy (non-hydrogen) atoms. The zero-order valence-corrected chi connectivity index (χ0v) is 13.0. The highest BCUT2D eigenvalue weighted by molar-refractivity contribution is 5.82. The number of benzene rings is 1. The number of hydrogen-bond acceptors (Lipinski definition) is 4. The molecule has 1 aromatic carbocycles. The summed E-state index contributed by atoms with van der Waals surface area (Å²) in [6, 6.07) is 7.15. The summed E-state index contributed by atoms with van der Waals surface area (Å²) in [4.78, 5) is 25.3. The van der Waals surface area contributed by atoms with Gasteiger partial charge in [0.15, 0.2) is 6.10 Å². The number of nitrogens with two attached hydrogens (primary N) is 1. The molecular weight excluding hydrogens is 284 g/mol. The van der Waals surface area contributed by atoms with Crippen molar-refractivity contribution in [1.82, 2.24) is 4.90 Å². The monoisotopic (exact) mass is 306 g/mol. The number of methoxy groups -OCH3 is 1. The molecule has 0 saturated carbocycles. The Morgan fingerprint density at radius 2 is 1.91 bits per heavy atom. The van der Waals surface area contributed by atoms with Crippen molar-refractivity contribution < 1.29 is 19.1 Å². The number of ether oxygens (including phenoxy) is 2. The van der Waals surface area contributed by atoms with E-state index in [1.807, 2.05) is 12.1 Å². The maximum atomic E-state index is 12.4. The fourth-order valence-electron chi connectivity index (χ4n) is 2.57. The zero-order valence-electron chi connectivity index (χ0n) is 13.0. The number of nitrogens with zero attached hydrogens (tertiary/aromatic N) is 1. The molecular formula is C16H22N2O4. The van der Waals surface area contributed by atoms with E-state index >= 15 is 0 Å². The van der Waals surface area contributed by atoms with Crippen molar-refractivity contribution in [3.63, 3.8) is 0 Å². The maximum Gasteiger partial charge on any atom is 0.263 e. The smallest absolute Gasteiger partial charge is 0.263 e. The van der Waals surface area contributed by atoms with Crippen molar-refractivity contribution in [3.05, 3.63) is 24.3 Å². The van der Waals surface area contributed by atoms with Crippen LogP contribution in [0.2, 0.25) is 0 Å². The maximum absolute atomic E-state index is 12.4. The van der Waals surface area contributed by atoms with E-state index in [-0.39, 0.29) is 17.7 Å². The average molecular weight is 306 g/mol. The summed E-state index contributed by atoms with van der Waals surface area (Å²) in [5.74, 6) is 0.781. The molecule has 0 aromatic heterocycles. The number of carbonyl (C=O) groups is 2. The van der Waals surface area contributed by atoms with E-state index in [4.69, 9.17) is 15.2 Å². The van der Waals surface area contributed by atoms with Crippen LogP contribution in [0.15, 0.2) is 24.3 Å². The predicted octanol–water partition coefficient (Wildman–Crippen LogP) is 1.19. The fourth-order valence-corrected chi connectivity index (χ4v) is 2.57. The molecule has 120 valence electrons. The molecule has 0 bridgehead atoms. The predicted molar refractivity (Wildman–Crippen MR) is 81.6 cm³/mol. The lowest BCUT2D eigenvalue weighted by Gasteiger charge is -2.32. The first kappa shape index (κ1) is 16.1. The highest BCUT2D eigenvalue weighted by atomic mass is 16.5. The summed E-state index contributed by atoms with van der Waals surface area (Å²) >= 11 is 0. The molecule has 1 saturated heterocycles. The van der Waals surface area contributed by atoms with Crippen LogP contribution in [0.1, 0.15) is 19.8 Å². The SMILES string of the molecule is COc1cccc(OC(C)C(=O)N2CCC(C(N)=O)CC2)c1. The number of likely N-dealkylation sites (tertiary alicyclic amines) is 1. The average Bonchev–Trinajstić information content (AvgIpc) is 2.54. The number of primary amides is 1. The molecule has 1 aromatic rings. The van der Waals surface area contributed by atoms with Crippen LogP contribution in [-0.2, 0) is 9.59 Å². The summed E-state index contributed by atoms with van der Waals surface area (Å²) in [6.45, 7) is 2.80. The topological polar surface area (TPSA) is 81.9 Å². The highest BCUT2D eigenvalue weighted by Crippen LogP contribution is 2.22. The van der Waals surface area contributed by atoms with Gasteiger partial charge in [-0.3, -0.25) is 9.59 Å². The van der Waals surface area contributed by atoms with E-state index < -0.39 is 6.10 Å². The molecule has 2 N–H and O–H groups in total. The van der Waals surface area contributed by atoms with Gasteiger partial charge in [0, 0.05) is 25.1 Å². The highest BCUT2D eigenvalue weighted by Gasteiger charge is 2.29. The third kappa shape index (κ3) is 3.90. The molecule has 1 atom stereocenters. The Balaban J connectivity index is 1.91. The lowest BCUT2D eigenvalue weighted by atomic mass is 9.96. The standard InChI is InChI=1S/C16H22N2O4/c1-11(22-14-5-3-4-13(10-14)21-2)16(20)18-8-6-12(7-9-18)15(17)19/h3-5,10-12H,6-9H2,1-2H3,(H2,17,19). The Bertz CT molecular complexity index is 539. The third-order valence-electron chi connectivity index (χ3n) is 3.91. The van der Waals surface area contributed by atoms with Crippen LogP contribution in [0.3, 0.4) is 0 Å². The largest absolute Gasteiger partial charge is 0.497 e. The van der Waals surface area contributed by atoms with E-state index in [9.17, 15) is 9.59 Å². The van der Waals surface area contributed by atoms with Crippen LogP contribution in [-0.4, -0.2) is 43.0 Å². The lowest BCUT2D eigenvalue weighted by molar-refractivity contribution is -0.140. The first-order valence-electron chi connectivity index (χ1n) is 7.40. The van der Waals surface area contributed by atoms with Gasteiger partial charge >= 0.3 is 0 Å². The second-order valence-corrected chi connectivity index (χ2v) is 5.44. The van der Waals surface area contributed by atoms with Crippen LogP contribution in [0.5, 0.6) is 11.5 Å². The van der Waals surface area contributed by atoms with Gasteiger partial charge in [-0.15, -0.1) is 0 Å². The molecule has 0 spiro atoms. The van der Waals surface area contributed by atoms with Crippen molar-refractivity contribution >= 4 is 11.8 Å². The number of piperidine rings is 1. The fraction of sp³-hybridized carbons (Fsp3) is 0.500. The summed E-state index contributed by atoms with van der Waals surface area (Å²) in [5.41, 5.74) is 5.30. The normalized spacial score (nSPS) is 16.9. The van der Waals surface area contributed by atoms with Crippen molar-refractivity contribution in [3.8, 4) is 11.5 Å². The Hall–Kier alpha value is -2.24. The molecule has 0 aliphatic carbocycles. The van der Waals surface area contributed by atoms with Crippen LogP contribution in [0.4, 0.5) is 0 Å². The van der Waals surface area contributed by atoms with Gasteiger partial charge in [0.2, 0.25) is 5.91 Å². The second kappa shape index (κ2) is 7.15. The molecule has 2 amide bonds. The Kier molecular flexibility index (Phi) is 5.25. The van der Waals surface area contributed by atoms with E-state index in [1.165, 1.54) is 0 Å². The van der Waals surface area contributed by atoms with Crippen LogP contribution >= 0.6 is 0 Å². The third-order valence-corrected chi connectivity index (χ3v) is 3.91. The minimum atomic E-state index is -0.586. The summed E-state index contributed by atoms with van der Waals surface area (Å²) in [6.07, 6.45) is 0.650. The van der Waals surface area contributed by atoms with Crippen LogP contribution in [0.25, 0.3) is 0 Å². The minimum absolute atomic E-state index is 0.0780. The van der Waals surface area contributed by atoms with Crippen molar-refractivity contribution in [2.45, 2.75) is 25.9 Å². The van der Waals surface area contributed by atoms with Crippen LogP contribution in [0, 0.1) is 5.92 Å². The molecule has 6 nitrogen and oxygen atoms in total. The summed E-state index contributed by atoms with van der Waals surface area (Å²) in [5, 5.41) is 0. The van der Waals surface area contributed by atoms with Gasteiger partial charge in [0.1, 0.15) is 11.5 Å². The van der Waals surface area contributed by atoms with Crippen LogP contribution < -0.4 is 15.2 Å². The van der Waals surface area contributed by atoms with Gasteiger partial charge in [-0.25, -0.2) is 0 Å². The van der Waals surface area contributed by atoms with Gasteiger partial charge < -0.3 is 20.1 Å². The van der Waals surface area contributed by atoms with Gasteiger partial charge in [0.25, 0.3) is 5.91 Å². The molecule has 1 aliphatic rings. The molecule has 2 rings (SSSR count). The summed E-state index contributed by atoms with van der Waals surface area (Å²) in [7, 11) is 1.58. The van der Waals surface area contributed by atoms with E-state index in [0.717, 1.165) is 0 Å². The molecule has 6 heteroatoms. The number of rotatable bonds is 5. The Labute approximate surface area is 130 Å². The first-order chi connectivity index (χ1) is 10.5. The lowest BCUT2D eigenvalue weighted by Crippen LogP contribution is -2.46. The van der Waals surface area contributed by atoms with Gasteiger partial charge in [-0.05, 0) is 31.9 Å².